The van der Waals surface area contributed by atoms with Crippen molar-refractivity contribution in [3.8, 4) is 0 Å². The molecule has 23 heavy (non-hydrogen) atoms. The van der Waals surface area contributed by atoms with E-state index < -0.39 is 28.0 Å². The highest BCUT2D eigenvalue weighted by Crippen LogP contribution is 2.34. The van der Waals surface area contributed by atoms with Crippen LogP contribution in [0.15, 0.2) is 28.8 Å². The maximum atomic E-state index is 13.1. The molecule has 3 rings (SSSR count). The number of alkyl halides is 3. The number of nitrogens with zero attached hydrogens (tertiary/aromatic N) is 2. The first-order valence-corrected chi connectivity index (χ1v) is 8.79. The van der Waals surface area contributed by atoms with Crippen LogP contribution in [-0.2, 0) is 15.8 Å². The van der Waals surface area contributed by atoms with E-state index in [0.717, 1.165) is 0 Å². The molecule has 0 radical (unpaired) electrons. The topological polar surface area (TPSA) is 63.4 Å². The van der Waals surface area contributed by atoms with E-state index in [1.807, 2.05) is 0 Å². The number of fused-ring (bicyclic) bond motifs is 1. The van der Waals surface area contributed by atoms with E-state index in [1.54, 1.807) is 24.3 Å². The summed E-state index contributed by atoms with van der Waals surface area (Å²) in [6.45, 7) is -0.123. The summed E-state index contributed by atoms with van der Waals surface area (Å²) in [4.78, 5) is 0. The summed E-state index contributed by atoms with van der Waals surface area (Å²) >= 11 is 0. The Labute approximate surface area is 131 Å². The minimum Gasteiger partial charge on any atom is -0.356 e. The molecule has 1 unspecified atom stereocenters. The molecule has 1 aromatic heterocycles. The van der Waals surface area contributed by atoms with Crippen molar-refractivity contribution >= 4 is 21.0 Å². The van der Waals surface area contributed by atoms with E-state index in [2.05, 4.69) is 5.16 Å². The largest absolute Gasteiger partial charge is 0.405 e. The molecule has 1 aliphatic heterocycles. The summed E-state index contributed by atoms with van der Waals surface area (Å²) in [5.74, 6) is -0.601. The van der Waals surface area contributed by atoms with E-state index in [0.29, 0.717) is 28.1 Å². The van der Waals surface area contributed by atoms with Crippen LogP contribution < -0.4 is 0 Å². The Bertz CT molecular complexity index is 801. The van der Waals surface area contributed by atoms with Crippen molar-refractivity contribution in [2.45, 2.75) is 37.2 Å². The predicted molar refractivity (Wildman–Crippen MR) is 77.0 cm³/mol. The Hall–Kier alpha value is -1.61. The van der Waals surface area contributed by atoms with Crippen molar-refractivity contribution in [3.05, 3.63) is 30.0 Å². The van der Waals surface area contributed by atoms with E-state index >= 15 is 0 Å². The second kappa shape index (κ2) is 5.79. The number of aromatic nitrogens is 1. The van der Waals surface area contributed by atoms with E-state index in [-0.39, 0.29) is 18.7 Å². The maximum absolute atomic E-state index is 13.1. The Morgan fingerprint density at radius 1 is 1.26 bits per heavy atom. The first kappa shape index (κ1) is 16.3. The molecule has 5 nitrogen and oxygen atoms in total. The molecule has 0 spiro atoms. The Morgan fingerprint density at radius 3 is 2.74 bits per heavy atom. The van der Waals surface area contributed by atoms with Crippen LogP contribution in [0.4, 0.5) is 13.2 Å². The van der Waals surface area contributed by atoms with E-state index in [1.165, 1.54) is 0 Å². The molecule has 1 saturated heterocycles. The average Bonchev–Trinajstić information content (AvgIpc) is 2.89. The summed E-state index contributed by atoms with van der Waals surface area (Å²) in [5.41, 5.74) is 0.538. The first-order valence-electron chi connectivity index (χ1n) is 7.18. The van der Waals surface area contributed by atoms with Gasteiger partial charge in [0.1, 0.15) is 17.5 Å². The smallest absolute Gasteiger partial charge is 0.356 e. The van der Waals surface area contributed by atoms with Gasteiger partial charge in [-0.25, -0.2) is 8.42 Å². The minimum absolute atomic E-state index is 0.123. The number of para-hydroxylation sites is 1. The third-order valence-electron chi connectivity index (χ3n) is 3.96. The molecule has 0 bridgehead atoms. The highest BCUT2D eigenvalue weighted by atomic mass is 32.2. The fourth-order valence-corrected chi connectivity index (χ4v) is 4.60. The van der Waals surface area contributed by atoms with Crippen molar-refractivity contribution in [1.29, 1.82) is 0 Å². The van der Waals surface area contributed by atoms with Crippen LogP contribution in [0.5, 0.6) is 0 Å². The summed E-state index contributed by atoms with van der Waals surface area (Å²) in [5, 5.41) is 4.20. The van der Waals surface area contributed by atoms with Crippen molar-refractivity contribution in [2.24, 2.45) is 0 Å². The molecule has 1 aromatic carbocycles. The number of halogens is 3. The molecule has 0 amide bonds. The van der Waals surface area contributed by atoms with Crippen LogP contribution in [0.1, 0.15) is 25.0 Å². The molecule has 2 heterocycles. The van der Waals surface area contributed by atoms with Crippen molar-refractivity contribution in [3.63, 3.8) is 0 Å². The SMILES string of the molecule is O=S(=O)(Cc1noc2ccccc12)N1CCCCC1C(F)(F)F. The fourth-order valence-electron chi connectivity index (χ4n) is 2.86. The molecule has 126 valence electrons. The van der Waals surface area contributed by atoms with Crippen LogP contribution in [0.2, 0.25) is 0 Å². The number of sulfonamides is 1. The van der Waals surface area contributed by atoms with Gasteiger partial charge in [-0.05, 0) is 25.0 Å². The van der Waals surface area contributed by atoms with Gasteiger partial charge in [-0.2, -0.15) is 17.5 Å². The van der Waals surface area contributed by atoms with Gasteiger partial charge in [-0.3, -0.25) is 0 Å². The van der Waals surface area contributed by atoms with Crippen LogP contribution in [0.25, 0.3) is 11.0 Å². The lowest BCUT2D eigenvalue weighted by Gasteiger charge is -2.35. The highest BCUT2D eigenvalue weighted by Gasteiger charge is 2.48. The summed E-state index contributed by atoms with van der Waals surface area (Å²) in [6, 6.07) is 4.69. The monoisotopic (exact) mass is 348 g/mol. The number of hydrogen-bond donors (Lipinski definition) is 0. The zero-order chi connectivity index (χ0) is 16.7. The Balaban J connectivity index is 1.91. The summed E-state index contributed by atoms with van der Waals surface area (Å²) < 4.78 is 69.9. The van der Waals surface area contributed by atoms with Gasteiger partial charge >= 0.3 is 6.18 Å². The molecular weight excluding hydrogens is 333 g/mol. The Morgan fingerprint density at radius 2 is 2.00 bits per heavy atom. The molecule has 1 aliphatic rings. The van der Waals surface area contributed by atoms with E-state index in [9.17, 15) is 21.6 Å². The summed E-state index contributed by atoms with van der Waals surface area (Å²) in [7, 11) is -4.14. The molecule has 2 aromatic rings. The molecule has 1 fully saturated rings. The second-order valence-electron chi connectivity index (χ2n) is 5.55. The van der Waals surface area contributed by atoms with Gasteiger partial charge in [0.15, 0.2) is 5.58 Å². The van der Waals surface area contributed by atoms with Crippen molar-refractivity contribution < 1.29 is 26.1 Å². The lowest BCUT2D eigenvalue weighted by Crippen LogP contribution is -2.51. The van der Waals surface area contributed by atoms with Crippen LogP contribution >= 0.6 is 0 Å². The van der Waals surface area contributed by atoms with Crippen molar-refractivity contribution in [2.75, 3.05) is 6.54 Å². The maximum Gasteiger partial charge on any atom is 0.405 e. The first-order chi connectivity index (χ1) is 10.8. The van der Waals surface area contributed by atoms with Crippen LogP contribution in [0, 0.1) is 0 Å². The zero-order valence-corrected chi connectivity index (χ0v) is 12.9. The lowest BCUT2D eigenvalue weighted by atomic mass is 10.1. The number of piperidine rings is 1. The van der Waals surface area contributed by atoms with Crippen LogP contribution in [-0.4, -0.2) is 36.6 Å². The van der Waals surface area contributed by atoms with Gasteiger partial charge in [0.25, 0.3) is 0 Å². The highest BCUT2D eigenvalue weighted by molar-refractivity contribution is 7.88. The fraction of sp³-hybridized carbons (Fsp3) is 0.500. The van der Waals surface area contributed by atoms with Crippen LogP contribution in [0.3, 0.4) is 0 Å². The molecule has 9 heteroatoms. The zero-order valence-electron chi connectivity index (χ0n) is 12.1. The van der Waals surface area contributed by atoms with Gasteiger partial charge in [-0.1, -0.05) is 23.7 Å². The standard InChI is InChI=1S/C14H15F3N2O3S/c15-14(16,17)13-7-3-4-8-19(13)23(20,21)9-11-10-5-1-2-6-12(10)22-18-11/h1-2,5-6,13H,3-4,7-9H2. The molecule has 1 atom stereocenters. The van der Waals surface area contributed by atoms with Crippen molar-refractivity contribution in [1.82, 2.24) is 9.46 Å². The van der Waals surface area contributed by atoms with Gasteiger partial charge in [-0.15, -0.1) is 0 Å². The third-order valence-corrected chi connectivity index (χ3v) is 5.75. The van der Waals surface area contributed by atoms with Gasteiger partial charge in [0.05, 0.1) is 0 Å². The third kappa shape index (κ3) is 3.20. The number of hydrogen-bond acceptors (Lipinski definition) is 4. The van der Waals surface area contributed by atoms with Gasteiger partial charge < -0.3 is 4.52 Å². The number of rotatable bonds is 3. The van der Waals surface area contributed by atoms with Gasteiger partial charge in [0, 0.05) is 11.9 Å². The summed E-state index contributed by atoms with van der Waals surface area (Å²) in [6.07, 6.45) is -3.99. The Kier molecular flexibility index (Phi) is 4.09. The minimum atomic E-state index is -4.57. The molecule has 0 aliphatic carbocycles. The van der Waals surface area contributed by atoms with Gasteiger partial charge in [0.2, 0.25) is 10.0 Å². The quantitative estimate of drug-likeness (QED) is 0.855. The lowest BCUT2D eigenvalue weighted by molar-refractivity contribution is -0.177. The predicted octanol–water partition coefficient (Wildman–Crippen LogP) is 3.07. The average molecular weight is 348 g/mol. The van der Waals surface area contributed by atoms with E-state index in [4.69, 9.17) is 4.52 Å². The molecular formula is C14H15F3N2O3S. The normalized spacial score (nSPS) is 20.9. The number of benzene rings is 1. The molecule has 0 saturated carbocycles. The molecule has 0 N–H and O–H groups in total. The second-order valence-corrected chi connectivity index (χ2v) is 7.47.